The molecular formula is C8H7FO2S. The molecule has 0 saturated carbocycles. The highest BCUT2D eigenvalue weighted by Gasteiger charge is 2.13. The van der Waals surface area contributed by atoms with Crippen LogP contribution in [0, 0.1) is 0 Å². The van der Waals surface area contributed by atoms with Crippen LogP contribution in [0.2, 0.25) is 0 Å². The monoisotopic (exact) mass is 186 g/mol. The molecule has 0 unspecified atom stereocenters. The zero-order valence-corrected chi connectivity index (χ0v) is 7.01. The summed E-state index contributed by atoms with van der Waals surface area (Å²) in [7, 11) is -3.73. The van der Waals surface area contributed by atoms with Crippen LogP contribution >= 0.6 is 0 Å². The third kappa shape index (κ3) is 1.94. The van der Waals surface area contributed by atoms with Crippen molar-refractivity contribution in [3.63, 3.8) is 0 Å². The lowest BCUT2D eigenvalue weighted by Crippen LogP contribution is -2.03. The first kappa shape index (κ1) is 8.97. The lowest BCUT2D eigenvalue weighted by molar-refractivity contribution is 0.540. The zero-order chi connectivity index (χ0) is 9.03. The molecule has 0 bridgehead atoms. The highest BCUT2D eigenvalue weighted by atomic mass is 32.2. The topological polar surface area (TPSA) is 34.1 Å². The Hall–Kier alpha value is -1.12. The maximum atomic E-state index is 12.0. The molecule has 0 aliphatic heterocycles. The number of hydrogen-bond donors (Lipinski definition) is 0. The molecule has 1 rings (SSSR count). The molecule has 64 valence electrons. The van der Waals surface area contributed by atoms with Gasteiger partial charge < -0.3 is 0 Å². The predicted octanol–water partition coefficient (Wildman–Crippen LogP) is 1.49. The maximum Gasteiger partial charge on any atom is 0.207 e. The molecule has 0 saturated heterocycles. The quantitative estimate of drug-likeness (QED) is 0.612. The van der Waals surface area contributed by atoms with E-state index >= 15 is 0 Å². The van der Waals surface area contributed by atoms with Crippen molar-refractivity contribution < 1.29 is 12.8 Å². The molecule has 0 radical (unpaired) electrons. The van der Waals surface area contributed by atoms with E-state index in [2.05, 4.69) is 5.73 Å². The Morgan fingerprint density at radius 3 is 2.83 bits per heavy atom. The number of hydrogen-bond acceptors (Lipinski definition) is 2. The fraction of sp³-hybridized carbons (Fsp3) is 0.125. The fourth-order valence-corrected chi connectivity index (χ4v) is 1.40. The van der Waals surface area contributed by atoms with Crippen molar-refractivity contribution in [3.8, 4) is 0 Å². The minimum atomic E-state index is -3.73. The molecule has 0 aromatic carbocycles. The van der Waals surface area contributed by atoms with Crippen molar-refractivity contribution in [3.05, 3.63) is 41.0 Å². The lowest BCUT2D eigenvalue weighted by Gasteiger charge is -1.96. The first-order valence-corrected chi connectivity index (χ1v) is 4.90. The molecule has 0 fully saturated rings. The fourth-order valence-electron chi connectivity index (χ4n) is 0.710. The molecule has 2 nitrogen and oxygen atoms in total. The van der Waals surface area contributed by atoms with Crippen LogP contribution in [0.1, 0.15) is 0 Å². The number of sulfone groups is 1. The van der Waals surface area contributed by atoms with Crippen LogP contribution in [0.4, 0.5) is 4.39 Å². The SMILES string of the molecule is O=S(=O)(CF)C1=CC=C=CC=C1. The second-order valence-electron chi connectivity index (χ2n) is 2.15. The van der Waals surface area contributed by atoms with Crippen molar-refractivity contribution in [1.82, 2.24) is 0 Å². The van der Waals surface area contributed by atoms with Crippen LogP contribution in [0.25, 0.3) is 0 Å². The lowest BCUT2D eigenvalue weighted by atomic mass is 10.4. The minimum Gasteiger partial charge on any atom is -0.233 e. The van der Waals surface area contributed by atoms with E-state index in [1.54, 1.807) is 6.08 Å². The van der Waals surface area contributed by atoms with E-state index in [-0.39, 0.29) is 4.91 Å². The highest BCUT2D eigenvalue weighted by molar-refractivity contribution is 7.95. The average Bonchev–Trinajstić information content (AvgIpc) is 2.32. The van der Waals surface area contributed by atoms with Crippen molar-refractivity contribution in [2.75, 3.05) is 6.01 Å². The standard InChI is InChI=1S/C8H7FO2S/c9-7-12(10,11)8-5-3-1-2-4-6-8/h1,3-6H,7H2. The maximum absolute atomic E-state index is 12.0. The second-order valence-corrected chi connectivity index (χ2v) is 4.07. The van der Waals surface area contributed by atoms with Gasteiger partial charge in [0, 0.05) is 0 Å². The number of allylic oxidation sites excluding steroid dienone is 4. The summed E-state index contributed by atoms with van der Waals surface area (Å²) in [6.45, 7) is 0. The van der Waals surface area contributed by atoms with Gasteiger partial charge in [-0.1, -0.05) is 6.08 Å². The smallest absolute Gasteiger partial charge is 0.207 e. The Morgan fingerprint density at radius 1 is 1.42 bits per heavy atom. The summed E-state index contributed by atoms with van der Waals surface area (Å²) in [5.74, 6) is 0. The Balaban J connectivity index is 3.08. The van der Waals surface area contributed by atoms with E-state index in [4.69, 9.17) is 0 Å². The van der Waals surface area contributed by atoms with Crippen molar-refractivity contribution in [1.29, 1.82) is 0 Å². The van der Waals surface area contributed by atoms with Gasteiger partial charge in [-0.05, 0) is 24.3 Å². The third-order valence-corrected chi connectivity index (χ3v) is 2.58. The molecule has 0 aromatic rings. The van der Waals surface area contributed by atoms with Gasteiger partial charge in [0.15, 0.2) is 6.01 Å². The van der Waals surface area contributed by atoms with Gasteiger partial charge in [-0.15, -0.1) is 5.73 Å². The second kappa shape index (κ2) is 3.52. The third-order valence-electron chi connectivity index (χ3n) is 1.30. The Morgan fingerprint density at radius 2 is 2.17 bits per heavy atom. The Labute approximate surface area is 70.3 Å². The summed E-state index contributed by atoms with van der Waals surface area (Å²) in [6.07, 6.45) is 7.14. The molecule has 12 heavy (non-hydrogen) atoms. The predicted molar refractivity (Wildman–Crippen MR) is 44.8 cm³/mol. The summed E-state index contributed by atoms with van der Waals surface area (Å²) < 4.78 is 33.9. The summed E-state index contributed by atoms with van der Waals surface area (Å²) in [4.78, 5) is -0.0220. The van der Waals surface area contributed by atoms with Crippen LogP contribution in [0.15, 0.2) is 41.0 Å². The first-order chi connectivity index (χ1) is 5.67. The molecule has 0 spiro atoms. The van der Waals surface area contributed by atoms with Crippen molar-refractivity contribution in [2.45, 2.75) is 0 Å². The average molecular weight is 186 g/mol. The molecule has 0 N–H and O–H groups in total. The Kier molecular flexibility index (Phi) is 2.63. The Bertz CT molecular complexity index is 381. The largest absolute Gasteiger partial charge is 0.233 e. The molecule has 0 atom stereocenters. The van der Waals surface area contributed by atoms with Gasteiger partial charge in [0.2, 0.25) is 9.84 Å². The van der Waals surface area contributed by atoms with Gasteiger partial charge in [0.1, 0.15) is 0 Å². The summed E-state index contributed by atoms with van der Waals surface area (Å²) in [5.41, 5.74) is 2.67. The van der Waals surface area contributed by atoms with Crippen LogP contribution in [0.3, 0.4) is 0 Å². The van der Waals surface area contributed by atoms with Gasteiger partial charge in [-0.3, -0.25) is 0 Å². The van der Waals surface area contributed by atoms with E-state index in [1.807, 2.05) is 0 Å². The van der Waals surface area contributed by atoms with Crippen molar-refractivity contribution in [2.24, 2.45) is 0 Å². The molecule has 1 aliphatic carbocycles. The van der Waals surface area contributed by atoms with Gasteiger partial charge >= 0.3 is 0 Å². The molecule has 0 aromatic heterocycles. The number of halogens is 1. The molecular weight excluding hydrogens is 179 g/mol. The molecule has 0 amide bonds. The van der Waals surface area contributed by atoms with Gasteiger partial charge in [-0.25, -0.2) is 12.8 Å². The molecule has 1 aliphatic rings. The number of rotatable bonds is 2. The summed E-state index contributed by atoms with van der Waals surface area (Å²) in [5, 5.41) is 0. The van der Waals surface area contributed by atoms with Gasteiger partial charge in [0.25, 0.3) is 0 Å². The van der Waals surface area contributed by atoms with Crippen LogP contribution in [-0.4, -0.2) is 14.4 Å². The molecule has 4 heteroatoms. The van der Waals surface area contributed by atoms with Crippen LogP contribution < -0.4 is 0 Å². The molecule has 0 heterocycles. The summed E-state index contributed by atoms with van der Waals surface area (Å²) >= 11 is 0. The highest BCUT2D eigenvalue weighted by Crippen LogP contribution is 2.11. The van der Waals surface area contributed by atoms with Crippen LogP contribution in [0.5, 0.6) is 0 Å². The van der Waals surface area contributed by atoms with E-state index in [0.29, 0.717) is 0 Å². The van der Waals surface area contributed by atoms with Gasteiger partial charge in [0.05, 0.1) is 4.91 Å². The first-order valence-electron chi connectivity index (χ1n) is 3.25. The van der Waals surface area contributed by atoms with E-state index in [9.17, 15) is 12.8 Å². The van der Waals surface area contributed by atoms with Crippen LogP contribution in [-0.2, 0) is 9.84 Å². The van der Waals surface area contributed by atoms with E-state index in [1.165, 1.54) is 24.3 Å². The van der Waals surface area contributed by atoms with Crippen molar-refractivity contribution >= 4 is 9.84 Å². The van der Waals surface area contributed by atoms with E-state index < -0.39 is 15.8 Å². The van der Waals surface area contributed by atoms with E-state index in [0.717, 1.165) is 0 Å². The van der Waals surface area contributed by atoms with Gasteiger partial charge in [-0.2, -0.15) is 0 Å². The zero-order valence-electron chi connectivity index (χ0n) is 6.20. The minimum absolute atomic E-state index is 0.0220. The number of alkyl halides is 1. The normalized spacial score (nSPS) is 15.9. The summed E-state index contributed by atoms with van der Waals surface area (Å²) in [6, 6.07) is -1.36.